The zero-order valence-corrected chi connectivity index (χ0v) is 18.6. The molecule has 0 aliphatic carbocycles. The molecule has 10 heteroatoms. The maximum absolute atomic E-state index is 12.8. The van der Waals surface area contributed by atoms with Crippen LogP contribution in [0, 0.1) is 0 Å². The van der Waals surface area contributed by atoms with E-state index in [1.165, 1.54) is 11.8 Å². The molecule has 33 heavy (non-hydrogen) atoms. The summed E-state index contributed by atoms with van der Waals surface area (Å²) in [6, 6.07) is 13.1. The minimum absolute atomic E-state index is 0.104. The van der Waals surface area contributed by atoms with Crippen molar-refractivity contribution in [1.82, 2.24) is 25.1 Å². The zero-order chi connectivity index (χ0) is 22.6. The summed E-state index contributed by atoms with van der Waals surface area (Å²) in [4.78, 5) is 17.0. The third kappa shape index (κ3) is 4.70. The van der Waals surface area contributed by atoms with E-state index in [0.717, 1.165) is 16.9 Å². The molecule has 1 aliphatic rings. The Morgan fingerprint density at radius 3 is 2.91 bits per heavy atom. The Labute approximate surface area is 194 Å². The molecule has 1 N–H and O–H groups in total. The fourth-order valence-electron chi connectivity index (χ4n) is 3.38. The molecular formula is C23H21N5O4S. The highest BCUT2D eigenvalue weighted by molar-refractivity contribution is 8.00. The van der Waals surface area contributed by atoms with Gasteiger partial charge in [0.25, 0.3) is 0 Å². The second-order valence-electron chi connectivity index (χ2n) is 7.38. The zero-order valence-electron chi connectivity index (χ0n) is 17.8. The van der Waals surface area contributed by atoms with E-state index in [1.807, 2.05) is 54.0 Å². The van der Waals surface area contributed by atoms with Gasteiger partial charge >= 0.3 is 0 Å². The van der Waals surface area contributed by atoms with Crippen molar-refractivity contribution in [2.45, 2.75) is 30.4 Å². The van der Waals surface area contributed by atoms with Gasteiger partial charge in [-0.3, -0.25) is 14.3 Å². The molecule has 1 aliphatic heterocycles. The summed E-state index contributed by atoms with van der Waals surface area (Å²) in [5, 5.41) is 11.9. The van der Waals surface area contributed by atoms with E-state index in [4.69, 9.17) is 13.9 Å². The highest BCUT2D eigenvalue weighted by Gasteiger charge is 2.22. The molecule has 0 radical (unpaired) electrons. The number of hydrogen-bond acceptors (Lipinski definition) is 8. The second kappa shape index (κ2) is 9.37. The van der Waals surface area contributed by atoms with Crippen molar-refractivity contribution in [1.29, 1.82) is 0 Å². The summed E-state index contributed by atoms with van der Waals surface area (Å²) in [6.07, 6.45) is 5.07. The fourth-order valence-corrected chi connectivity index (χ4v) is 4.25. The van der Waals surface area contributed by atoms with Gasteiger partial charge in [-0.25, -0.2) is 0 Å². The molecule has 9 nitrogen and oxygen atoms in total. The van der Waals surface area contributed by atoms with Crippen LogP contribution in [-0.2, 0) is 17.9 Å². The third-order valence-corrected chi connectivity index (χ3v) is 6.17. The highest BCUT2D eigenvalue weighted by atomic mass is 32.2. The molecule has 0 saturated heterocycles. The number of benzene rings is 1. The van der Waals surface area contributed by atoms with Crippen LogP contribution in [0.5, 0.6) is 11.5 Å². The smallest absolute Gasteiger partial charge is 0.233 e. The maximum Gasteiger partial charge on any atom is 0.233 e. The van der Waals surface area contributed by atoms with Crippen LogP contribution >= 0.6 is 11.8 Å². The summed E-state index contributed by atoms with van der Waals surface area (Å²) >= 11 is 1.34. The van der Waals surface area contributed by atoms with Gasteiger partial charge in [0.15, 0.2) is 22.5 Å². The van der Waals surface area contributed by atoms with Crippen LogP contribution < -0.4 is 14.8 Å². The van der Waals surface area contributed by atoms with Crippen molar-refractivity contribution in [3.63, 3.8) is 0 Å². The summed E-state index contributed by atoms with van der Waals surface area (Å²) in [7, 11) is 0. The Kier molecular flexibility index (Phi) is 5.99. The van der Waals surface area contributed by atoms with Crippen LogP contribution in [0.3, 0.4) is 0 Å². The maximum atomic E-state index is 12.8. The number of amides is 1. The van der Waals surface area contributed by atoms with Gasteiger partial charge in [-0.15, -0.1) is 10.2 Å². The SMILES string of the molecule is CC(Sc1nnc(-c2cccnc2)n1Cc1ccco1)C(=O)NCc1ccc2c(c1)OCO2. The number of fused-ring (bicyclic) bond motifs is 1. The average molecular weight is 464 g/mol. The lowest BCUT2D eigenvalue weighted by atomic mass is 10.2. The van der Waals surface area contributed by atoms with Crippen LogP contribution in [0.15, 0.2) is 70.7 Å². The summed E-state index contributed by atoms with van der Waals surface area (Å²) in [5.74, 6) is 2.73. The first-order valence-electron chi connectivity index (χ1n) is 10.4. The number of nitrogens with one attached hydrogen (secondary N) is 1. The van der Waals surface area contributed by atoms with Gasteiger partial charge in [-0.05, 0) is 48.9 Å². The normalized spacial score (nSPS) is 13.1. The van der Waals surface area contributed by atoms with E-state index in [-0.39, 0.29) is 18.0 Å². The molecule has 1 unspecified atom stereocenters. The number of carbonyl (C=O) groups excluding carboxylic acids is 1. The average Bonchev–Trinajstić information content (AvgIpc) is 3.60. The predicted octanol–water partition coefficient (Wildman–Crippen LogP) is 3.51. The first kappa shape index (κ1) is 21.1. The van der Waals surface area contributed by atoms with Crippen LogP contribution in [0.2, 0.25) is 0 Å². The number of thioether (sulfide) groups is 1. The van der Waals surface area contributed by atoms with Crippen molar-refractivity contribution in [3.8, 4) is 22.9 Å². The lowest BCUT2D eigenvalue weighted by Gasteiger charge is -2.13. The van der Waals surface area contributed by atoms with Crippen molar-refractivity contribution in [2.24, 2.45) is 0 Å². The molecular weight excluding hydrogens is 442 g/mol. The van der Waals surface area contributed by atoms with E-state index < -0.39 is 0 Å². The molecule has 1 aromatic carbocycles. The van der Waals surface area contributed by atoms with Gasteiger partial charge in [-0.2, -0.15) is 0 Å². The number of carbonyl (C=O) groups is 1. The van der Waals surface area contributed by atoms with E-state index in [1.54, 1.807) is 18.7 Å². The van der Waals surface area contributed by atoms with Crippen molar-refractivity contribution >= 4 is 17.7 Å². The number of furan rings is 1. The lowest BCUT2D eigenvalue weighted by Crippen LogP contribution is -2.30. The lowest BCUT2D eigenvalue weighted by molar-refractivity contribution is -0.120. The predicted molar refractivity (Wildman–Crippen MR) is 121 cm³/mol. The molecule has 4 aromatic rings. The molecule has 0 fully saturated rings. The summed E-state index contributed by atoms with van der Waals surface area (Å²) in [5.41, 5.74) is 1.77. The fraction of sp³-hybridized carbons (Fsp3) is 0.217. The van der Waals surface area contributed by atoms with Gasteiger partial charge < -0.3 is 19.2 Å². The number of hydrogen-bond donors (Lipinski definition) is 1. The van der Waals surface area contributed by atoms with Gasteiger partial charge in [-0.1, -0.05) is 17.8 Å². The number of nitrogens with zero attached hydrogens (tertiary/aromatic N) is 4. The summed E-state index contributed by atoms with van der Waals surface area (Å²) < 4.78 is 18.2. The minimum atomic E-state index is -0.389. The minimum Gasteiger partial charge on any atom is -0.467 e. The monoisotopic (exact) mass is 463 g/mol. The van der Waals surface area contributed by atoms with Crippen LogP contribution in [0.4, 0.5) is 0 Å². The number of rotatable bonds is 8. The molecule has 168 valence electrons. The summed E-state index contributed by atoms with van der Waals surface area (Å²) in [6.45, 7) is 2.90. The van der Waals surface area contributed by atoms with E-state index in [2.05, 4.69) is 20.5 Å². The topological polar surface area (TPSA) is 104 Å². The van der Waals surface area contributed by atoms with E-state index in [9.17, 15) is 4.79 Å². The van der Waals surface area contributed by atoms with Gasteiger partial charge in [0.1, 0.15) is 5.76 Å². The quantitative estimate of drug-likeness (QED) is 0.396. The molecule has 0 spiro atoms. The molecule has 5 rings (SSSR count). The molecule has 1 amide bonds. The number of pyridine rings is 1. The third-order valence-electron chi connectivity index (χ3n) is 5.09. The number of ether oxygens (including phenoxy) is 2. The Bertz CT molecular complexity index is 1240. The van der Waals surface area contributed by atoms with Crippen LogP contribution in [0.1, 0.15) is 18.2 Å². The van der Waals surface area contributed by atoms with E-state index in [0.29, 0.717) is 35.6 Å². The largest absolute Gasteiger partial charge is 0.467 e. The van der Waals surface area contributed by atoms with Gasteiger partial charge in [0, 0.05) is 24.5 Å². The van der Waals surface area contributed by atoms with Crippen molar-refractivity contribution < 1.29 is 18.7 Å². The molecule has 0 saturated carbocycles. The van der Waals surface area contributed by atoms with Crippen LogP contribution in [0.25, 0.3) is 11.4 Å². The molecule has 0 bridgehead atoms. The Balaban J connectivity index is 1.29. The molecule has 1 atom stereocenters. The van der Waals surface area contributed by atoms with Crippen molar-refractivity contribution in [2.75, 3.05) is 6.79 Å². The van der Waals surface area contributed by atoms with Crippen molar-refractivity contribution in [3.05, 3.63) is 72.4 Å². The Hall–Kier alpha value is -3.79. The highest BCUT2D eigenvalue weighted by Crippen LogP contribution is 2.32. The van der Waals surface area contributed by atoms with Crippen LogP contribution in [-0.4, -0.2) is 37.7 Å². The molecule has 4 heterocycles. The first-order chi connectivity index (χ1) is 16.2. The first-order valence-corrected chi connectivity index (χ1v) is 11.2. The molecule has 3 aromatic heterocycles. The van der Waals surface area contributed by atoms with Gasteiger partial charge in [0.2, 0.25) is 12.7 Å². The standard InChI is InChI=1S/C23H21N5O4S/c1-15(22(29)25-11-16-6-7-19-20(10-16)32-14-31-19)33-23-27-26-21(17-4-2-8-24-12-17)28(23)13-18-5-3-9-30-18/h2-10,12,15H,11,13-14H2,1H3,(H,25,29). The second-order valence-corrected chi connectivity index (χ2v) is 8.69. The van der Waals surface area contributed by atoms with E-state index >= 15 is 0 Å². The Morgan fingerprint density at radius 1 is 1.18 bits per heavy atom. The van der Waals surface area contributed by atoms with Gasteiger partial charge in [0.05, 0.1) is 18.1 Å². The number of aromatic nitrogens is 4. The Morgan fingerprint density at radius 2 is 2.09 bits per heavy atom.